The summed E-state index contributed by atoms with van der Waals surface area (Å²) in [7, 11) is -4.85. The Balaban J connectivity index is -0.000000980. The fraction of sp³-hybridized carbons (Fsp3) is 1.00. The van der Waals surface area contributed by atoms with E-state index in [-0.39, 0.29) is 72.3 Å². The Morgan fingerprint density at radius 2 is 1.41 bits per heavy atom. The van der Waals surface area contributed by atoms with Crippen molar-refractivity contribution in [3.63, 3.8) is 0 Å². The van der Waals surface area contributed by atoms with Crippen LogP contribution < -0.4 is 68.9 Å². The molecular formula is C8H17Na2O6P. The van der Waals surface area contributed by atoms with Crippen LogP contribution in [0, 0.1) is 0 Å². The number of hydrogen-bond donors (Lipinski definition) is 0. The zero-order chi connectivity index (χ0) is 11.6. The zero-order valence-electron chi connectivity index (χ0n) is 10.8. The molecular weight excluding hydrogens is 269 g/mol. The minimum absolute atomic E-state index is 0. The minimum Gasteiger partial charge on any atom is -0.790 e. The molecule has 0 aliphatic rings. The molecule has 0 saturated heterocycles. The van der Waals surface area contributed by atoms with Gasteiger partial charge in [-0.2, -0.15) is 0 Å². The quantitative estimate of drug-likeness (QED) is 0.225. The number of rotatable bonds is 10. The van der Waals surface area contributed by atoms with Gasteiger partial charge in [0, 0.05) is 6.61 Å². The fourth-order valence-corrected chi connectivity index (χ4v) is 1.07. The molecule has 0 aromatic heterocycles. The van der Waals surface area contributed by atoms with E-state index in [0.717, 1.165) is 12.8 Å². The third-order valence-electron chi connectivity index (χ3n) is 1.49. The van der Waals surface area contributed by atoms with Crippen molar-refractivity contribution < 1.29 is 87.5 Å². The first-order chi connectivity index (χ1) is 7.06. The molecule has 0 rings (SSSR count). The van der Waals surface area contributed by atoms with Crippen molar-refractivity contribution in [1.29, 1.82) is 0 Å². The van der Waals surface area contributed by atoms with E-state index < -0.39 is 7.82 Å². The van der Waals surface area contributed by atoms with Crippen molar-refractivity contribution in [3.05, 3.63) is 0 Å². The molecule has 6 nitrogen and oxygen atoms in total. The van der Waals surface area contributed by atoms with Crippen LogP contribution >= 0.6 is 7.82 Å². The molecule has 92 valence electrons. The van der Waals surface area contributed by atoms with Crippen LogP contribution in [-0.4, -0.2) is 33.0 Å². The summed E-state index contributed by atoms with van der Waals surface area (Å²) in [6, 6.07) is 0. The number of phosphoric acid groups is 1. The van der Waals surface area contributed by atoms with Crippen molar-refractivity contribution in [1.82, 2.24) is 0 Å². The van der Waals surface area contributed by atoms with Crippen LogP contribution in [0.1, 0.15) is 19.8 Å². The Morgan fingerprint density at radius 1 is 0.941 bits per heavy atom. The first-order valence-electron chi connectivity index (χ1n) is 4.88. The summed E-state index contributed by atoms with van der Waals surface area (Å²) in [6.07, 6.45) is 2.09. The van der Waals surface area contributed by atoms with Crippen molar-refractivity contribution in [3.8, 4) is 0 Å². The van der Waals surface area contributed by atoms with Crippen molar-refractivity contribution in [2.45, 2.75) is 19.8 Å². The molecule has 0 saturated carbocycles. The van der Waals surface area contributed by atoms with Crippen LogP contribution in [0.2, 0.25) is 0 Å². The predicted octanol–water partition coefficient (Wildman–Crippen LogP) is -6.33. The van der Waals surface area contributed by atoms with E-state index in [9.17, 15) is 14.4 Å². The van der Waals surface area contributed by atoms with Crippen LogP contribution in [0.25, 0.3) is 0 Å². The largest absolute Gasteiger partial charge is 1.00 e. The maximum atomic E-state index is 10.0. The molecule has 0 bridgehead atoms. The zero-order valence-corrected chi connectivity index (χ0v) is 15.7. The third kappa shape index (κ3) is 23.5. The molecule has 0 aliphatic heterocycles. The average Bonchev–Trinajstić information content (AvgIpc) is 2.14. The van der Waals surface area contributed by atoms with E-state index in [1.807, 2.05) is 0 Å². The van der Waals surface area contributed by atoms with E-state index in [4.69, 9.17) is 9.47 Å². The van der Waals surface area contributed by atoms with Crippen LogP contribution in [-0.2, 0) is 18.6 Å². The van der Waals surface area contributed by atoms with Gasteiger partial charge in [0.05, 0.1) is 34.3 Å². The fourth-order valence-electron chi connectivity index (χ4n) is 0.776. The molecule has 0 fully saturated rings. The molecule has 0 aliphatic carbocycles. The molecule has 0 unspecified atom stereocenters. The summed E-state index contributed by atoms with van der Waals surface area (Å²) >= 11 is 0. The van der Waals surface area contributed by atoms with Gasteiger partial charge in [-0.25, -0.2) is 0 Å². The van der Waals surface area contributed by atoms with Crippen molar-refractivity contribution >= 4 is 7.82 Å². The van der Waals surface area contributed by atoms with Crippen LogP contribution in [0.15, 0.2) is 0 Å². The Bertz CT molecular complexity index is 189. The smallest absolute Gasteiger partial charge is 0.790 e. The van der Waals surface area contributed by atoms with Gasteiger partial charge in [0.15, 0.2) is 0 Å². The SMILES string of the molecule is CCCCOCCOCCOP(=O)([O-])[O-].[Na+].[Na+]. The summed E-state index contributed by atoms with van der Waals surface area (Å²) in [4.78, 5) is 20.0. The Hall–Kier alpha value is 2.03. The molecule has 0 heterocycles. The molecule has 0 aromatic rings. The standard InChI is InChI=1S/C8H19O6P.2Na/c1-2-3-4-12-5-6-13-7-8-14-15(9,10)11;;/h2-8H2,1H3,(H2,9,10,11);;/q;2*+1/p-2. The van der Waals surface area contributed by atoms with Crippen LogP contribution in [0.4, 0.5) is 0 Å². The van der Waals surface area contributed by atoms with E-state index in [1.165, 1.54) is 0 Å². The van der Waals surface area contributed by atoms with E-state index in [1.54, 1.807) is 0 Å². The number of ether oxygens (including phenoxy) is 2. The number of unbranched alkanes of at least 4 members (excludes halogenated alkanes) is 1. The number of phosphoric ester groups is 1. The first kappa shape index (κ1) is 24.1. The average molecular weight is 286 g/mol. The molecule has 9 heteroatoms. The van der Waals surface area contributed by atoms with Crippen molar-refractivity contribution in [2.24, 2.45) is 0 Å². The predicted molar refractivity (Wildman–Crippen MR) is 50.1 cm³/mol. The summed E-state index contributed by atoms with van der Waals surface area (Å²) < 4.78 is 24.1. The van der Waals surface area contributed by atoms with Gasteiger partial charge in [-0.3, -0.25) is 0 Å². The van der Waals surface area contributed by atoms with Gasteiger partial charge in [0.25, 0.3) is 0 Å². The minimum atomic E-state index is -4.85. The van der Waals surface area contributed by atoms with E-state index >= 15 is 0 Å². The van der Waals surface area contributed by atoms with E-state index in [2.05, 4.69) is 11.4 Å². The molecule has 0 radical (unpaired) electrons. The van der Waals surface area contributed by atoms with Crippen LogP contribution in [0.3, 0.4) is 0 Å². The second kappa shape index (κ2) is 16.1. The van der Waals surface area contributed by atoms with Gasteiger partial charge in [0.2, 0.25) is 0 Å². The first-order valence-corrected chi connectivity index (χ1v) is 6.34. The second-order valence-corrected chi connectivity index (χ2v) is 4.01. The van der Waals surface area contributed by atoms with Crippen molar-refractivity contribution in [2.75, 3.05) is 33.0 Å². The van der Waals surface area contributed by atoms with Gasteiger partial charge in [-0.15, -0.1) is 0 Å². The molecule has 0 spiro atoms. The Labute approximate surface area is 147 Å². The maximum Gasteiger partial charge on any atom is 1.00 e. The Kier molecular flexibility index (Phi) is 22.8. The summed E-state index contributed by atoms with van der Waals surface area (Å²) in [5.41, 5.74) is 0. The van der Waals surface area contributed by atoms with Crippen LogP contribution in [0.5, 0.6) is 0 Å². The molecule has 0 N–H and O–H groups in total. The maximum absolute atomic E-state index is 10.0. The molecule has 17 heavy (non-hydrogen) atoms. The van der Waals surface area contributed by atoms with Gasteiger partial charge in [-0.1, -0.05) is 13.3 Å². The summed E-state index contributed by atoms with van der Waals surface area (Å²) in [5.74, 6) is 0. The van der Waals surface area contributed by atoms with E-state index in [0.29, 0.717) is 19.8 Å². The molecule has 0 aromatic carbocycles. The summed E-state index contributed by atoms with van der Waals surface area (Å²) in [6.45, 7) is 3.44. The van der Waals surface area contributed by atoms with Gasteiger partial charge < -0.3 is 28.3 Å². The van der Waals surface area contributed by atoms with Gasteiger partial charge in [-0.05, 0) is 6.42 Å². The third-order valence-corrected chi connectivity index (χ3v) is 1.99. The monoisotopic (exact) mass is 286 g/mol. The normalized spacial score (nSPS) is 10.5. The topological polar surface area (TPSA) is 90.9 Å². The molecule has 0 amide bonds. The second-order valence-electron chi connectivity index (χ2n) is 2.86. The summed E-state index contributed by atoms with van der Waals surface area (Å²) in [5, 5.41) is 0. The number of hydrogen-bond acceptors (Lipinski definition) is 6. The van der Waals surface area contributed by atoms with Gasteiger partial charge >= 0.3 is 59.1 Å². The van der Waals surface area contributed by atoms with Gasteiger partial charge in [0.1, 0.15) is 0 Å². The molecule has 0 atom stereocenters. The Morgan fingerprint density at radius 3 is 1.88 bits per heavy atom.